The number of carbonyl (C=O) groups is 1. The van der Waals surface area contributed by atoms with Crippen molar-refractivity contribution in [2.24, 2.45) is 11.1 Å². The summed E-state index contributed by atoms with van der Waals surface area (Å²) in [5.74, 6) is 0.0252. The molecule has 0 aromatic heterocycles. The van der Waals surface area contributed by atoms with Gasteiger partial charge in [-0.05, 0) is 24.8 Å². The van der Waals surface area contributed by atoms with Gasteiger partial charge in [0.05, 0.1) is 5.60 Å². The summed E-state index contributed by atoms with van der Waals surface area (Å²) in [5.41, 5.74) is 5.10. The SMILES string of the molecule is NCC1(CC(=O)NCC2(O)CCOCC2)CCCCC1. The van der Waals surface area contributed by atoms with Gasteiger partial charge in [-0.15, -0.1) is 0 Å². The van der Waals surface area contributed by atoms with Crippen LogP contribution in [0.2, 0.25) is 0 Å². The molecule has 2 fully saturated rings. The van der Waals surface area contributed by atoms with Crippen LogP contribution in [0.25, 0.3) is 0 Å². The highest BCUT2D eigenvalue weighted by molar-refractivity contribution is 5.76. The summed E-state index contributed by atoms with van der Waals surface area (Å²) in [5, 5.41) is 13.2. The van der Waals surface area contributed by atoms with Gasteiger partial charge in [0.25, 0.3) is 0 Å². The van der Waals surface area contributed by atoms with E-state index in [0.29, 0.717) is 45.6 Å². The second-order valence-corrected chi connectivity index (χ2v) is 6.56. The van der Waals surface area contributed by atoms with E-state index >= 15 is 0 Å². The van der Waals surface area contributed by atoms with Gasteiger partial charge in [0, 0.05) is 39.0 Å². The molecule has 5 heteroatoms. The highest BCUT2D eigenvalue weighted by Crippen LogP contribution is 2.38. The van der Waals surface area contributed by atoms with Crippen molar-refractivity contribution in [1.82, 2.24) is 5.32 Å². The van der Waals surface area contributed by atoms with E-state index in [-0.39, 0.29) is 11.3 Å². The first-order chi connectivity index (χ1) is 9.58. The zero-order valence-electron chi connectivity index (χ0n) is 12.3. The molecule has 1 saturated carbocycles. The van der Waals surface area contributed by atoms with Crippen molar-refractivity contribution in [3.05, 3.63) is 0 Å². The van der Waals surface area contributed by atoms with Crippen LogP contribution in [-0.2, 0) is 9.53 Å². The molecular weight excluding hydrogens is 256 g/mol. The zero-order valence-corrected chi connectivity index (χ0v) is 12.3. The minimum atomic E-state index is -0.795. The van der Waals surface area contributed by atoms with Crippen LogP contribution in [0.1, 0.15) is 51.4 Å². The molecule has 0 unspecified atom stereocenters. The lowest BCUT2D eigenvalue weighted by atomic mass is 9.71. The van der Waals surface area contributed by atoms with Crippen LogP contribution in [0.3, 0.4) is 0 Å². The molecule has 5 nitrogen and oxygen atoms in total. The van der Waals surface area contributed by atoms with Crippen LogP contribution < -0.4 is 11.1 Å². The fraction of sp³-hybridized carbons (Fsp3) is 0.933. The quantitative estimate of drug-likeness (QED) is 0.701. The van der Waals surface area contributed by atoms with E-state index < -0.39 is 5.60 Å². The van der Waals surface area contributed by atoms with Gasteiger partial charge in [0.2, 0.25) is 5.91 Å². The predicted molar refractivity (Wildman–Crippen MR) is 77.2 cm³/mol. The molecule has 2 rings (SSSR count). The summed E-state index contributed by atoms with van der Waals surface area (Å²) in [6.45, 7) is 2.05. The summed E-state index contributed by atoms with van der Waals surface area (Å²) in [7, 11) is 0. The Bertz CT molecular complexity index is 321. The lowest BCUT2D eigenvalue weighted by molar-refractivity contribution is -0.126. The van der Waals surface area contributed by atoms with E-state index in [1.807, 2.05) is 0 Å². The third-order valence-corrected chi connectivity index (χ3v) is 4.92. The lowest BCUT2D eigenvalue weighted by Gasteiger charge is -2.36. The van der Waals surface area contributed by atoms with E-state index in [9.17, 15) is 9.90 Å². The fourth-order valence-corrected chi connectivity index (χ4v) is 3.35. The Morgan fingerprint density at radius 3 is 2.40 bits per heavy atom. The molecule has 0 atom stereocenters. The van der Waals surface area contributed by atoms with Crippen molar-refractivity contribution >= 4 is 5.91 Å². The normalized spacial score (nSPS) is 25.1. The number of ether oxygens (including phenoxy) is 1. The van der Waals surface area contributed by atoms with Gasteiger partial charge >= 0.3 is 0 Å². The van der Waals surface area contributed by atoms with Crippen molar-refractivity contribution in [3.8, 4) is 0 Å². The van der Waals surface area contributed by atoms with Crippen LogP contribution in [0.5, 0.6) is 0 Å². The average Bonchev–Trinajstić information content (AvgIpc) is 2.47. The van der Waals surface area contributed by atoms with Gasteiger partial charge in [-0.25, -0.2) is 0 Å². The molecular formula is C15H28N2O3. The van der Waals surface area contributed by atoms with Crippen molar-refractivity contribution in [3.63, 3.8) is 0 Å². The summed E-state index contributed by atoms with van der Waals surface area (Å²) < 4.78 is 5.24. The van der Waals surface area contributed by atoms with Gasteiger partial charge in [-0.1, -0.05) is 19.3 Å². The number of nitrogens with two attached hydrogens (primary N) is 1. The summed E-state index contributed by atoms with van der Waals surface area (Å²) in [6.07, 6.45) is 7.38. The molecule has 1 heterocycles. The standard InChI is InChI=1S/C15H28N2O3/c16-11-14(4-2-1-3-5-14)10-13(18)17-12-15(19)6-8-20-9-7-15/h19H,1-12,16H2,(H,17,18). The number of hydrogen-bond acceptors (Lipinski definition) is 4. The minimum Gasteiger partial charge on any atom is -0.388 e. The molecule has 1 amide bonds. The van der Waals surface area contributed by atoms with Crippen LogP contribution in [-0.4, -0.2) is 42.9 Å². The topological polar surface area (TPSA) is 84.6 Å². The largest absolute Gasteiger partial charge is 0.388 e. The molecule has 0 bridgehead atoms. The van der Waals surface area contributed by atoms with Crippen molar-refractivity contribution in [1.29, 1.82) is 0 Å². The van der Waals surface area contributed by atoms with Crippen molar-refractivity contribution in [2.45, 2.75) is 57.0 Å². The smallest absolute Gasteiger partial charge is 0.220 e. The molecule has 1 aliphatic carbocycles. The van der Waals surface area contributed by atoms with Crippen molar-refractivity contribution < 1.29 is 14.6 Å². The number of rotatable bonds is 5. The van der Waals surface area contributed by atoms with Crippen LogP contribution >= 0.6 is 0 Å². The molecule has 0 radical (unpaired) electrons. The lowest BCUT2D eigenvalue weighted by Crippen LogP contribution is -2.48. The monoisotopic (exact) mass is 284 g/mol. The summed E-state index contributed by atoms with van der Waals surface area (Å²) in [6, 6.07) is 0. The van der Waals surface area contributed by atoms with Gasteiger partial charge in [0.1, 0.15) is 0 Å². The van der Waals surface area contributed by atoms with Gasteiger partial charge < -0.3 is 20.9 Å². The van der Waals surface area contributed by atoms with Crippen LogP contribution in [0.4, 0.5) is 0 Å². The van der Waals surface area contributed by atoms with Gasteiger partial charge in [-0.2, -0.15) is 0 Å². The van der Waals surface area contributed by atoms with E-state index in [0.717, 1.165) is 12.8 Å². The number of hydrogen-bond donors (Lipinski definition) is 3. The minimum absolute atomic E-state index is 0.0133. The second-order valence-electron chi connectivity index (χ2n) is 6.56. The van der Waals surface area contributed by atoms with Crippen LogP contribution in [0, 0.1) is 5.41 Å². The first-order valence-corrected chi connectivity index (χ1v) is 7.85. The Balaban J connectivity index is 1.79. The number of nitrogens with one attached hydrogen (secondary N) is 1. The second kappa shape index (κ2) is 6.87. The number of carbonyl (C=O) groups excluding carboxylic acids is 1. The third-order valence-electron chi connectivity index (χ3n) is 4.92. The Morgan fingerprint density at radius 2 is 1.80 bits per heavy atom. The van der Waals surface area contributed by atoms with Gasteiger partial charge in [0.15, 0.2) is 0 Å². The molecule has 20 heavy (non-hydrogen) atoms. The molecule has 0 spiro atoms. The van der Waals surface area contributed by atoms with E-state index in [1.165, 1.54) is 19.3 Å². The molecule has 2 aliphatic rings. The van der Waals surface area contributed by atoms with Gasteiger partial charge in [-0.3, -0.25) is 4.79 Å². The number of amides is 1. The molecule has 0 aromatic carbocycles. The fourth-order valence-electron chi connectivity index (χ4n) is 3.35. The highest BCUT2D eigenvalue weighted by atomic mass is 16.5. The van der Waals surface area contributed by atoms with E-state index in [1.54, 1.807) is 0 Å². The van der Waals surface area contributed by atoms with Crippen molar-refractivity contribution in [2.75, 3.05) is 26.3 Å². The predicted octanol–water partition coefficient (Wildman–Crippen LogP) is 0.943. The number of aliphatic hydroxyl groups is 1. The maximum atomic E-state index is 12.2. The maximum absolute atomic E-state index is 12.2. The van der Waals surface area contributed by atoms with E-state index in [2.05, 4.69) is 5.32 Å². The molecule has 4 N–H and O–H groups in total. The molecule has 1 saturated heterocycles. The van der Waals surface area contributed by atoms with Crippen LogP contribution in [0.15, 0.2) is 0 Å². The molecule has 116 valence electrons. The Morgan fingerprint density at radius 1 is 1.15 bits per heavy atom. The Kier molecular flexibility index (Phi) is 5.41. The first kappa shape index (κ1) is 15.7. The summed E-state index contributed by atoms with van der Waals surface area (Å²) in [4.78, 5) is 12.2. The zero-order chi connectivity index (χ0) is 14.5. The van der Waals surface area contributed by atoms with E-state index in [4.69, 9.17) is 10.5 Å². The highest BCUT2D eigenvalue weighted by Gasteiger charge is 2.34. The maximum Gasteiger partial charge on any atom is 0.220 e. The average molecular weight is 284 g/mol. The third kappa shape index (κ3) is 4.17. The summed E-state index contributed by atoms with van der Waals surface area (Å²) >= 11 is 0. The molecule has 1 aliphatic heterocycles. The molecule has 0 aromatic rings. The Hall–Kier alpha value is -0.650. The first-order valence-electron chi connectivity index (χ1n) is 7.85. The Labute approximate surface area is 121 Å².